The topological polar surface area (TPSA) is 60.4 Å². The molecule has 1 aliphatic rings. The van der Waals surface area contributed by atoms with Crippen molar-refractivity contribution in [2.24, 2.45) is 0 Å². The van der Waals surface area contributed by atoms with Gasteiger partial charge in [-0.1, -0.05) is 37.3 Å². The maximum atomic E-state index is 12.4. The average molecular weight is 294 g/mol. The van der Waals surface area contributed by atoms with Crippen LogP contribution in [0.1, 0.15) is 40.7 Å². The van der Waals surface area contributed by atoms with Crippen LogP contribution in [-0.2, 0) is 11.3 Å². The number of hydrogen-bond acceptors (Lipinski definition) is 3. The van der Waals surface area contributed by atoms with Crippen molar-refractivity contribution in [2.45, 2.75) is 25.8 Å². The van der Waals surface area contributed by atoms with Crippen molar-refractivity contribution in [2.75, 3.05) is 4.90 Å². The number of hydrogen-bond donors (Lipinski definition) is 0. The second kappa shape index (κ2) is 5.64. The van der Waals surface area contributed by atoms with Crippen LogP contribution < -0.4 is 10.0 Å². The molecule has 0 aliphatic carbocycles. The summed E-state index contributed by atoms with van der Waals surface area (Å²) < 4.78 is 0. The van der Waals surface area contributed by atoms with Crippen LogP contribution in [0.5, 0.6) is 0 Å². The second-order valence-corrected chi connectivity index (χ2v) is 5.42. The van der Waals surface area contributed by atoms with Gasteiger partial charge in [0.05, 0.1) is 6.54 Å². The van der Waals surface area contributed by atoms with Crippen LogP contribution in [0.2, 0.25) is 0 Å². The smallest absolute Gasteiger partial charge is 0.258 e. The van der Waals surface area contributed by atoms with Gasteiger partial charge >= 0.3 is 0 Å². The Bertz CT molecular complexity index is 721. The van der Waals surface area contributed by atoms with E-state index >= 15 is 0 Å². The molecule has 1 heterocycles. The van der Waals surface area contributed by atoms with E-state index in [4.69, 9.17) is 0 Å². The van der Waals surface area contributed by atoms with E-state index in [0.717, 1.165) is 16.8 Å². The lowest BCUT2D eigenvalue weighted by Gasteiger charge is -2.19. The summed E-state index contributed by atoms with van der Waals surface area (Å²) in [4.78, 5) is 25.2. The Labute approximate surface area is 129 Å². The zero-order valence-electron chi connectivity index (χ0n) is 12.3. The van der Waals surface area contributed by atoms with E-state index in [-0.39, 0.29) is 5.91 Å². The van der Waals surface area contributed by atoms with Crippen LogP contribution in [0.3, 0.4) is 0 Å². The number of benzene rings is 2. The van der Waals surface area contributed by atoms with Gasteiger partial charge in [0.2, 0.25) is 0 Å². The molecule has 4 heteroatoms. The number of carbonyl (C=O) groups excluding carboxylic acids is 2. The van der Waals surface area contributed by atoms with Gasteiger partial charge in [0.1, 0.15) is 0 Å². The number of nitrogens with zero attached hydrogens (tertiary/aromatic N) is 1. The molecule has 0 saturated heterocycles. The van der Waals surface area contributed by atoms with Crippen molar-refractivity contribution >= 4 is 17.6 Å². The Hall–Kier alpha value is -2.62. The highest BCUT2D eigenvalue weighted by atomic mass is 16.4. The van der Waals surface area contributed by atoms with Gasteiger partial charge in [-0.25, -0.2) is 0 Å². The second-order valence-electron chi connectivity index (χ2n) is 5.42. The highest BCUT2D eigenvalue weighted by Gasteiger charge is 2.27. The summed E-state index contributed by atoms with van der Waals surface area (Å²) in [6, 6.07) is 14.7. The molecule has 0 aromatic heterocycles. The number of carboxylic acids is 1. The fourth-order valence-electron chi connectivity index (χ4n) is 2.89. The van der Waals surface area contributed by atoms with Gasteiger partial charge < -0.3 is 14.8 Å². The number of amides is 1. The highest BCUT2D eigenvalue weighted by molar-refractivity contribution is 6.09. The Morgan fingerprint density at radius 1 is 1.18 bits per heavy atom. The van der Waals surface area contributed by atoms with E-state index in [1.54, 1.807) is 29.2 Å². The summed E-state index contributed by atoms with van der Waals surface area (Å²) in [5.41, 5.74) is 3.22. The molecule has 1 amide bonds. The average Bonchev–Trinajstić information content (AvgIpc) is 2.86. The largest absolute Gasteiger partial charge is 0.549 e. The fourth-order valence-corrected chi connectivity index (χ4v) is 2.89. The van der Waals surface area contributed by atoms with E-state index in [1.165, 1.54) is 0 Å². The van der Waals surface area contributed by atoms with Gasteiger partial charge in [0.25, 0.3) is 5.91 Å². The molecule has 0 spiro atoms. The molecular weight excluding hydrogens is 278 g/mol. The lowest BCUT2D eigenvalue weighted by molar-refractivity contribution is -0.308. The first-order chi connectivity index (χ1) is 10.6. The standard InChI is InChI=1S/C18H17NO3/c1-2-15(18(21)22)12-7-9-14(10-8-12)19-11-13-5-3-4-6-16(13)17(19)20/h3-10,15H,2,11H2,1H3,(H,21,22)/p-1/t15-/m0/s1. The molecule has 0 saturated carbocycles. The summed E-state index contributed by atoms with van der Waals surface area (Å²) in [6.07, 6.45) is 0.482. The van der Waals surface area contributed by atoms with Crippen molar-refractivity contribution in [3.05, 3.63) is 65.2 Å². The molecule has 112 valence electrons. The predicted octanol–water partition coefficient (Wildman–Crippen LogP) is 2.09. The normalized spacial score (nSPS) is 14.8. The lowest BCUT2D eigenvalue weighted by atomic mass is 9.96. The van der Waals surface area contributed by atoms with Crippen LogP contribution in [0, 0.1) is 0 Å². The van der Waals surface area contributed by atoms with Gasteiger partial charge in [-0.2, -0.15) is 0 Å². The first kappa shape index (κ1) is 14.3. The molecule has 22 heavy (non-hydrogen) atoms. The van der Waals surface area contributed by atoms with Gasteiger partial charge in [-0.05, 0) is 35.7 Å². The molecule has 3 rings (SSSR count). The highest BCUT2D eigenvalue weighted by Crippen LogP contribution is 2.29. The molecule has 4 nitrogen and oxygen atoms in total. The summed E-state index contributed by atoms with van der Waals surface area (Å²) in [5, 5.41) is 11.1. The van der Waals surface area contributed by atoms with E-state index < -0.39 is 11.9 Å². The number of carbonyl (C=O) groups is 2. The van der Waals surface area contributed by atoms with Crippen molar-refractivity contribution in [1.82, 2.24) is 0 Å². The van der Waals surface area contributed by atoms with Crippen LogP contribution >= 0.6 is 0 Å². The molecular formula is C18H16NO3-. The quantitative estimate of drug-likeness (QED) is 0.867. The maximum absolute atomic E-state index is 12.4. The minimum atomic E-state index is -1.07. The van der Waals surface area contributed by atoms with Crippen molar-refractivity contribution in [3.63, 3.8) is 0 Å². The first-order valence-corrected chi connectivity index (χ1v) is 7.32. The molecule has 0 fully saturated rings. The number of rotatable bonds is 4. The fraction of sp³-hybridized carbons (Fsp3) is 0.222. The van der Waals surface area contributed by atoms with Crippen molar-refractivity contribution < 1.29 is 14.7 Å². The summed E-state index contributed by atoms with van der Waals surface area (Å²) in [6.45, 7) is 2.36. The van der Waals surface area contributed by atoms with Crippen LogP contribution in [0.15, 0.2) is 48.5 Å². The zero-order chi connectivity index (χ0) is 15.7. The van der Waals surface area contributed by atoms with Gasteiger partial charge in [0.15, 0.2) is 0 Å². The first-order valence-electron chi connectivity index (χ1n) is 7.32. The number of carboxylic acid groups (broad SMARTS) is 1. The molecule has 2 aromatic carbocycles. The summed E-state index contributed by atoms with van der Waals surface area (Å²) in [5.74, 6) is -1.70. The third-order valence-corrected chi connectivity index (χ3v) is 4.12. The third-order valence-electron chi connectivity index (χ3n) is 4.12. The Morgan fingerprint density at radius 3 is 2.45 bits per heavy atom. The summed E-state index contributed by atoms with van der Waals surface area (Å²) >= 11 is 0. The monoisotopic (exact) mass is 294 g/mol. The Morgan fingerprint density at radius 2 is 1.86 bits per heavy atom. The Balaban J connectivity index is 1.86. The van der Waals surface area contributed by atoms with Gasteiger partial charge in [0, 0.05) is 23.1 Å². The van der Waals surface area contributed by atoms with Crippen LogP contribution in [0.25, 0.3) is 0 Å². The molecule has 1 aliphatic heterocycles. The SMILES string of the molecule is CC[C@H](C(=O)[O-])c1ccc(N2Cc3ccccc3C2=O)cc1. The molecule has 1 atom stereocenters. The van der Waals surface area contributed by atoms with Crippen LogP contribution in [-0.4, -0.2) is 11.9 Å². The zero-order valence-corrected chi connectivity index (χ0v) is 12.3. The van der Waals surface area contributed by atoms with Gasteiger partial charge in [-0.15, -0.1) is 0 Å². The van der Waals surface area contributed by atoms with Crippen LogP contribution in [0.4, 0.5) is 5.69 Å². The minimum absolute atomic E-state index is 0.0182. The summed E-state index contributed by atoms with van der Waals surface area (Å²) in [7, 11) is 0. The third kappa shape index (κ3) is 2.37. The molecule has 0 radical (unpaired) electrons. The van der Waals surface area contributed by atoms with E-state index in [2.05, 4.69) is 0 Å². The maximum Gasteiger partial charge on any atom is 0.258 e. The molecule has 0 bridgehead atoms. The number of anilines is 1. The van der Waals surface area contributed by atoms with Crippen molar-refractivity contribution in [3.8, 4) is 0 Å². The minimum Gasteiger partial charge on any atom is -0.549 e. The number of aliphatic carboxylic acids is 1. The van der Waals surface area contributed by atoms with Gasteiger partial charge in [-0.3, -0.25) is 4.79 Å². The number of fused-ring (bicyclic) bond motifs is 1. The predicted molar refractivity (Wildman–Crippen MR) is 81.4 cm³/mol. The van der Waals surface area contributed by atoms with E-state index in [0.29, 0.717) is 18.5 Å². The van der Waals surface area contributed by atoms with E-state index in [1.807, 2.05) is 31.2 Å². The molecule has 0 unspecified atom stereocenters. The molecule has 2 aromatic rings. The molecule has 0 N–H and O–H groups in total. The van der Waals surface area contributed by atoms with E-state index in [9.17, 15) is 14.7 Å². The Kier molecular flexibility index (Phi) is 3.67. The van der Waals surface area contributed by atoms with Crippen molar-refractivity contribution in [1.29, 1.82) is 0 Å². The lowest BCUT2D eigenvalue weighted by Crippen LogP contribution is -2.29.